The molecule has 0 spiro atoms. The number of hydrogen-bond donors (Lipinski definition) is 1. The highest BCUT2D eigenvalue weighted by atomic mass is 16.5. The van der Waals surface area contributed by atoms with Crippen LogP contribution in [0.4, 0.5) is 4.79 Å². The lowest BCUT2D eigenvalue weighted by molar-refractivity contribution is -0.0166. The van der Waals surface area contributed by atoms with Gasteiger partial charge < -0.3 is 19.7 Å². The third-order valence-electron chi connectivity index (χ3n) is 4.95. The van der Waals surface area contributed by atoms with Crippen molar-refractivity contribution in [2.75, 3.05) is 20.2 Å². The van der Waals surface area contributed by atoms with Crippen LogP contribution < -0.4 is 5.32 Å². The van der Waals surface area contributed by atoms with Gasteiger partial charge >= 0.3 is 6.03 Å². The van der Waals surface area contributed by atoms with Gasteiger partial charge in [0.25, 0.3) is 0 Å². The maximum atomic E-state index is 12.4. The second-order valence-electron chi connectivity index (χ2n) is 7.09. The van der Waals surface area contributed by atoms with Crippen LogP contribution in [0.15, 0.2) is 0 Å². The van der Waals surface area contributed by atoms with Crippen LogP contribution in [0.3, 0.4) is 0 Å². The van der Waals surface area contributed by atoms with Gasteiger partial charge in [0.05, 0.1) is 18.3 Å². The van der Waals surface area contributed by atoms with E-state index in [0.717, 1.165) is 38.6 Å². The number of piperidine rings is 1. The molecule has 0 unspecified atom stereocenters. The number of rotatable bonds is 4. The summed E-state index contributed by atoms with van der Waals surface area (Å²) in [5.41, 5.74) is 0. The van der Waals surface area contributed by atoms with E-state index in [9.17, 15) is 4.79 Å². The van der Waals surface area contributed by atoms with Gasteiger partial charge in [-0.3, -0.25) is 0 Å². The average molecular weight is 312 g/mol. The molecular formula is C17H32N2O3. The first-order valence-electron chi connectivity index (χ1n) is 8.73. The van der Waals surface area contributed by atoms with E-state index < -0.39 is 0 Å². The van der Waals surface area contributed by atoms with Crippen LogP contribution >= 0.6 is 0 Å². The Kier molecular flexibility index (Phi) is 6.50. The minimum Gasteiger partial charge on any atom is -0.379 e. The van der Waals surface area contributed by atoms with Crippen molar-refractivity contribution < 1.29 is 14.3 Å². The molecule has 2 aliphatic rings. The quantitative estimate of drug-likeness (QED) is 0.868. The van der Waals surface area contributed by atoms with E-state index in [2.05, 4.69) is 26.1 Å². The Balaban J connectivity index is 1.74. The second-order valence-corrected chi connectivity index (χ2v) is 7.09. The molecule has 1 heterocycles. The molecule has 0 radical (unpaired) electrons. The van der Waals surface area contributed by atoms with E-state index in [1.807, 2.05) is 4.90 Å². The van der Waals surface area contributed by atoms with Crippen molar-refractivity contribution in [3.05, 3.63) is 0 Å². The van der Waals surface area contributed by atoms with E-state index in [1.165, 1.54) is 0 Å². The van der Waals surface area contributed by atoms with Gasteiger partial charge in [0, 0.05) is 26.2 Å². The predicted molar refractivity (Wildman–Crippen MR) is 86.9 cm³/mol. The molecule has 128 valence electrons. The molecule has 1 aliphatic carbocycles. The Morgan fingerprint density at radius 3 is 2.45 bits per heavy atom. The Bertz CT molecular complexity index is 354. The predicted octanol–water partition coefficient (Wildman–Crippen LogP) is 2.79. The molecule has 22 heavy (non-hydrogen) atoms. The molecule has 0 bridgehead atoms. The van der Waals surface area contributed by atoms with Crippen molar-refractivity contribution in [2.24, 2.45) is 5.92 Å². The van der Waals surface area contributed by atoms with E-state index >= 15 is 0 Å². The van der Waals surface area contributed by atoms with Crippen LogP contribution in [0.25, 0.3) is 0 Å². The standard InChI is InChI=1S/C17H32N2O3/c1-12(2)22-15-7-5-14(6-8-15)18-17(20)19-10-9-13(3)16(11-19)21-4/h12-16H,5-11H2,1-4H3,(H,18,20)/t13-,14?,15?,16+/m0/s1. The molecule has 2 amide bonds. The van der Waals surface area contributed by atoms with Gasteiger partial charge in [0.15, 0.2) is 0 Å². The van der Waals surface area contributed by atoms with E-state index in [-0.39, 0.29) is 18.2 Å². The second kappa shape index (κ2) is 8.16. The van der Waals surface area contributed by atoms with Crippen molar-refractivity contribution in [1.82, 2.24) is 10.2 Å². The fourth-order valence-corrected chi connectivity index (χ4v) is 3.52. The SMILES string of the molecule is CO[C@@H]1CN(C(=O)NC2CCC(OC(C)C)CC2)CC[C@@H]1C. The summed E-state index contributed by atoms with van der Waals surface area (Å²) in [6, 6.07) is 0.363. The number of carbonyl (C=O) groups excluding carboxylic acids is 1. The highest BCUT2D eigenvalue weighted by Gasteiger charge is 2.30. The number of hydrogen-bond acceptors (Lipinski definition) is 3. The van der Waals surface area contributed by atoms with Crippen LogP contribution in [0.5, 0.6) is 0 Å². The smallest absolute Gasteiger partial charge is 0.317 e. The van der Waals surface area contributed by atoms with Gasteiger partial charge in [-0.2, -0.15) is 0 Å². The average Bonchev–Trinajstić information content (AvgIpc) is 2.49. The van der Waals surface area contributed by atoms with Crippen molar-refractivity contribution in [1.29, 1.82) is 0 Å². The first-order valence-corrected chi connectivity index (χ1v) is 8.73. The number of methoxy groups -OCH3 is 1. The number of amides is 2. The van der Waals surface area contributed by atoms with Crippen molar-refractivity contribution >= 4 is 6.03 Å². The van der Waals surface area contributed by atoms with Crippen LogP contribution in [-0.2, 0) is 9.47 Å². The third-order valence-corrected chi connectivity index (χ3v) is 4.95. The number of nitrogens with zero attached hydrogens (tertiary/aromatic N) is 1. The van der Waals surface area contributed by atoms with Gasteiger partial charge in [-0.25, -0.2) is 4.79 Å². The summed E-state index contributed by atoms with van der Waals surface area (Å²) in [6.45, 7) is 7.89. The van der Waals surface area contributed by atoms with Gasteiger partial charge in [-0.15, -0.1) is 0 Å². The van der Waals surface area contributed by atoms with E-state index in [0.29, 0.717) is 24.6 Å². The normalized spacial score (nSPS) is 33.0. The van der Waals surface area contributed by atoms with Gasteiger partial charge in [-0.1, -0.05) is 6.92 Å². The lowest BCUT2D eigenvalue weighted by atomic mass is 9.92. The van der Waals surface area contributed by atoms with Crippen molar-refractivity contribution in [3.63, 3.8) is 0 Å². The van der Waals surface area contributed by atoms with Gasteiger partial charge in [0.2, 0.25) is 0 Å². The number of carbonyl (C=O) groups is 1. The Morgan fingerprint density at radius 1 is 1.18 bits per heavy atom. The molecule has 0 aromatic rings. The molecule has 5 nitrogen and oxygen atoms in total. The lowest BCUT2D eigenvalue weighted by Gasteiger charge is -2.37. The summed E-state index contributed by atoms with van der Waals surface area (Å²) in [5.74, 6) is 0.526. The minimum absolute atomic E-state index is 0.0715. The fraction of sp³-hybridized carbons (Fsp3) is 0.941. The highest BCUT2D eigenvalue weighted by Crippen LogP contribution is 2.23. The van der Waals surface area contributed by atoms with E-state index in [4.69, 9.17) is 9.47 Å². The minimum atomic E-state index is 0.0715. The topological polar surface area (TPSA) is 50.8 Å². The molecule has 1 aliphatic heterocycles. The molecule has 2 rings (SSSR count). The molecule has 1 saturated carbocycles. The van der Waals surface area contributed by atoms with Crippen LogP contribution in [0.2, 0.25) is 0 Å². The molecule has 1 saturated heterocycles. The Hall–Kier alpha value is -0.810. The third kappa shape index (κ3) is 4.85. The molecular weight excluding hydrogens is 280 g/mol. The fourth-order valence-electron chi connectivity index (χ4n) is 3.52. The molecule has 0 aromatic carbocycles. The largest absolute Gasteiger partial charge is 0.379 e. The number of urea groups is 1. The van der Waals surface area contributed by atoms with Crippen LogP contribution in [0.1, 0.15) is 52.9 Å². The molecule has 1 N–H and O–H groups in total. The zero-order valence-electron chi connectivity index (χ0n) is 14.5. The lowest BCUT2D eigenvalue weighted by Crippen LogP contribution is -2.52. The Labute approximate surface area is 134 Å². The molecule has 2 atom stereocenters. The van der Waals surface area contributed by atoms with Crippen LogP contribution in [-0.4, -0.2) is 55.5 Å². The zero-order valence-corrected chi connectivity index (χ0v) is 14.5. The number of ether oxygens (including phenoxy) is 2. The van der Waals surface area contributed by atoms with Gasteiger partial charge in [0.1, 0.15) is 0 Å². The monoisotopic (exact) mass is 312 g/mol. The molecule has 5 heteroatoms. The summed E-state index contributed by atoms with van der Waals surface area (Å²) in [7, 11) is 1.73. The Morgan fingerprint density at radius 2 is 1.86 bits per heavy atom. The summed E-state index contributed by atoms with van der Waals surface area (Å²) >= 11 is 0. The molecule has 0 aromatic heterocycles. The molecule has 2 fully saturated rings. The summed E-state index contributed by atoms with van der Waals surface area (Å²) < 4.78 is 11.3. The number of likely N-dealkylation sites (tertiary alicyclic amines) is 1. The highest BCUT2D eigenvalue weighted by molar-refractivity contribution is 5.74. The van der Waals surface area contributed by atoms with Crippen molar-refractivity contribution in [3.8, 4) is 0 Å². The zero-order chi connectivity index (χ0) is 16.1. The number of nitrogens with one attached hydrogen (secondary N) is 1. The van der Waals surface area contributed by atoms with E-state index in [1.54, 1.807) is 7.11 Å². The first kappa shape index (κ1) is 17.5. The first-order chi connectivity index (χ1) is 10.5. The summed E-state index contributed by atoms with van der Waals surface area (Å²) in [5, 5.41) is 3.20. The van der Waals surface area contributed by atoms with Crippen molar-refractivity contribution in [2.45, 2.75) is 77.2 Å². The maximum Gasteiger partial charge on any atom is 0.317 e. The maximum absolute atomic E-state index is 12.4. The summed E-state index contributed by atoms with van der Waals surface area (Å²) in [4.78, 5) is 14.3. The van der Waals surface area contributed by atoms with Crippen LogP contribution in [0, 0.1) is 5.92 Å². The summed E-state index contributed by atoms with van der Waals surface area (Å²) in [6.07, 6.45) is 5.94. The van der Waals surface area contributed by atoms with Gasteiger partial charge in [-0.05, 0) is 51.9 Å².